The molecule has 1 atom stereocenters. The molecule has 0 saturated carbocycles. The number of nitrogens with zero attached hydrogens (tertiary/aromatic N) is 2. The molecule has 2 aromatic rings. The predicted octanol–water partition coefficient (Wildman–Crippen LogP) is 3.67. The van der Waals surface area contributed by atoms with Crippen LogP contribution in [0, 0.1) is 5.82 Å². The van der Waals surface area contributed by atoms with E-state index in [0.717, 1.165) is 49.2 Å². The van der Waals surface area contributed by atoms with Gasteiger partial charge in [0.05, 0.1) is 12.5 Å². The first-order valence-corrected chi connectivity index (χ1v) is 8.16. The average Bonchev–Trinajstić information content (AvgIpc) is 3.18. The second-order valence-corrected chi connectivity index (χ2v) is 6.02. The number of carbonyl (C=O) groups is 1. The van der Waals surface area contributed by atoms with E-state index in [2.05, 4.69) is 12.1 Å². The summed E-state index contributed by atoms with van der Waals surface area (Å²) in [4.78, 5) is 14.5. The van der Waals surface area contributed by atoms with Gasteiger partial charge in [0, 0.05) is 19.0 Å². The van der Waals surface area contributed by atoms with Gasteiger partial charge in [-0.1, -0.05) is 24.2 Å². The van der Waals surface area contributed by atoms with Crippen molar-refractivity contribution in [3.05, 3.63) is 53.2 Å². The Hall–Kier alpha value is -2.17. The minimum Gasteiger partial charge on any atom is -0.361 e. The van der Waals surface area contributed by atoms with Crippen LogP contribution < -0.4 is 0 Å². The van der Waals surface area contributed by atoms with Gasteiger partial charge in [0.1, 0.15) is 17.3 Å². The largest absolute Gasteiger partial charge is 0.361 e. The molecule has 1 aliphatic rings. The summed E-state index contributed by atoms with van der Waals surface area (Å²) in [7, 11) is 0. The van der Waals surface area contributed by atoms with E-state index in [-0.39, 0.29) is 24.2 Å². The first-order valence-electron chi connectivity index (χ1n) is 8.16. The summed E-state index contributed by atoms with van der Waals surface area (Å²) in [6.45, 7) is 2.83. The van der Waals surface area contributed by atoms with Gasteiger partial charge in [-0.05, 0) is 37.0 Å². The summed E-state index contributed by atoms with van der Waals surface area (Å²) in [5, 5.41) is 4.15. The monoisotopic (exact) mass is 316 g/mol. The van der Waals surface area contributed by atoms with Crippen molar-refractivity contribution in [2.24, 2.45) is 0 Å². The third-order valence-corrected chi connectivity index (χ3v) is 4.26. The zero-order valence-corrected chi connectivity index (χ0v) is 13.3. The van der Waals surface area contributed by atoms with Gasteiger partial charge in [0.2, 0.25) is 5.91 Å². The molecule has 5 heteroatoms. The molecule has 1 aromatic carbocycles. The third-order valence-electron chi connectivity index (χ3n) is 4.26. The van der Waals surface area contributed by atoms with E-state index in [4.69, 9.17) is 4.52 Å². The summed E-state index contributed by atoms with van der Waals surface area (Å²) in [6.07, 6.45) is 4.04. The van der Waals surface area contributed by atoms with Crippen molar-refractivity contribution in [1.82, 2.24) is 10.1 Å². The normalized spacial score (nSPS) is 17.7. The van der Waals surface area contributed by atoms with Gasteiger partial charge in [0.15, 0.2) is 0 Å². The van der Waals surface area contributed by atoms with Crippen LogP contribution in [-0.2, 0) is 17.6 Å². The molecule has 1 aromatic heterocycles. The molecule has 0 bridgehead atoms. The Kier molecular flexibility index (Phi) is 4.74. The van der Waals surface area contributed by atoms with Crippen molar-refractivity contribution < 1.29 is 13.7 Å². The minimum absolute atomic E-state index is 0.00250. The first-order chi connectivity index (χ1) is 11.2. The van der Waals surface area contributed by atoms with Gasteiger partial charge >= 0.3 is 0 Å². The fraction of sp³-hybridized carbons (Fsp3) is 0.444. The van der Waals surface area contributed by atoms with Crippen LogP contribution in [0.15, 0.2) is 34.9 Å². The molecule has 23 heavy (non-hydrogen) atoms. The Morgan fingerprint density at radius 1 is 1.39 bits per heavy atom. The molecular weight excluding hydrogens is 295 g/mol. The van der Waals surface area contributed by atoms with Crippen LogP contribution >= 0.6 is 0 Å². The number of halogens is 1. The maximum absolute atomic E-state index is 13.0. The van der Waals surface area contributed by atoms with Crippen LogP contribution in [0.5, 0.6) is 0 Å². The Balaban J connectivity index is 1.70. The molecule has 2 heterocycles. The molecule has 0 N–H and O–H groups in total. The van der Waals surface area contributed by atoms with E-state index in [9.17, 15) is 9.18 Å². The first kappa shape index (κ1) is 15.7. The van der Waals surface area contributed by atoms with Gasteiger partial charge in [-0.25, -0.2) is 4.39 Å². The highest BCUT2D eigenvalue weighted by Gasteiger charge is 2.32. The molecule has 3 rings (SSSR count). The molecule has 122 valence electrons. The number of aryl methyl sites for hydroxylation is 1. The topological polar surface area (TPSA) is 46.3 Å². The Morgan fingerprint density at radius 2 is 2.17 bits per heavy atom. The highest BCUT2D eigenvalue weighted by Crippen LogP contribution is 2.32. The van der Waals surface area contributed by atoms with Crippen LogP contribution in [0.4, 0.5) is 4.39 Å². The van der Waals surface area contributed by atoms with Gasteiger partial charge in [0.25, 0.3) is 0 Å². The van der Waals surface area contributed by atoms with E-state index in [0.29, 0.717) is 0 Å². The van der Waals surface area contributed by atoms with E-state index < -0.39 is 0 Å². The van der Waals surface area contributed by atoms with Gasteiger partial charge in [-0.2, -0.15) is 0 Å². The predicted molar refractivity (Wildman–Crippen MR) is 84.3 cm³/mol. The van der Waals surface area contributed by atoms with Crippen LogP contribution in [0.3, 0.4) is 0 Å². The zero-order chi connectivity index (χ0) is 16.2. The summed E-state index contributed by atoms with van der Waals surface area (Å²) in [6, 6.07) is 8.06. The highest BCUT2D eigenvalue weighted by molar-refractivity contribution is 5.79. The van der Waals surface area contributed by atoms with E-state index in [1.54, 1.807) is 12.1 Å². The fourth-order valence-corrected chi connectivity index (χ4v) is 3.10. The van der Waals surface area contributed by atoms with Crippen molar-refractivity contribution in [3.8, 4) is 0 Å². The summed E-state index contributed by atoms with van der Waals surface area (Å²) in [5.41, 5.74) is 1.67. The maximum Gasteiger partial charge on any atom is 0.227 e. The molecule has 4 nitrogen and oxygen atoms in total. The molecule has 1 aliphatic heterocycles. The lowest BCUT2D eigenvalue weighted by Gasteiger charge is -2.23. The van der Waals surface area contributed by atoms with Crippen molar-refractivity contribution in [2.45, 2.75) is 45.1 Å². The number of benzene rings is 1. The third kappa shape index (κ3) is 3.60. The number of carbonyl (C=O) groups excluding carboxylic acids is 1. The second-order valence-electron chi connectivity index (χ2n) is 6.02. The standard InChI is InChI=1S/C18H21FN2O2/c1-2-4-15-12-16(20-23-15)17-5-3-10-21(17)18(22)11-13-6-8-14(19)9-7-13/h6-9,12,17H,2-5,10-11H2,1H3/t17-/m0/s1. The van der Waals surface area contributed by atoms with Gasteiger partial charge < -0.3 is 9.42 Å². The van der Waals surface area contributed by atoms with Crippen molar-refractivity contribution in [2.75, 3.05) is 6.54 Å². The summed E-state index contributed by atoms with van der Waals surface area (Å²) >= 11 is 0. The zero-order valence-electron chi connectivity index (χ0n) is 13.3. The number of likely N-dealkylation sites (tertiary alicyclic amines) is 1. The smallest absolute Gasteiger partial charge is 0.227 e. The lowest BCUT2D eigenvalue weighted by molar-refractivity contribution is -0.131. The molecule has 1 fully saturated rings. The van der Waals surface area contributed by atoms with E-state index >= 15 is 0 Å². The van der Waals surface area contributed by atoms with Crippen molar-refractivity contribution >= 4 is 5.91 Å². The molecule has 0 unspecified atom stereocenters. The summed E-state index contributed by atoms with van der Waals surface area (Å²) < 4.78 is 18.3. The second kappa shape index (κ2) is 6.94. The van der Waals surface area contributed by atoms with E-state index in [1.165, 1.54) is 12.1 Å². The Morgan fingerprint density at radius 3 is 2.91 bits per heavy atom. The van der Waals surface area contributed by atoms with Crippen LogP contribution in [0.25, 0.3) is 0 Å². The number of hydrogen-bond donors (Lipinski definition) is 0. The minimum atomic E-state index is -0.286. The van der Waals surface area contributed by atoms with Gasteiger partial charge in [-0.15, -0.1) is 0 Å². The molecule has 0 aliphatic carbocycles. The maximum atomic E-state index is 13.0. The molecular formula is C18H21FN2O2. The van der Waals surface area contributed by atoms with Crippen molar-refractivity contribution in [1.29, 1.82) is 0 Å². The van der Waals surface area contributed by atoms with Crippen molar-refractivity contribution in [3.63, 3.8) is 0 Å². The number of rotatable bonds is 5. The number of hydrogen-bond acceptors (Lipinski definition) is 3. The molecule has 1 amide bonds. The molecule has 1 saturated heterocycles. The Bertz CT molecular complexity index is 666. The lowest BCUT2D eigenvalue weighted by Crippen LogP contribution is -2.32. The number of amides is 1. The highest BCUT2D eigenvalue weighted by atomic mass is 19.1. The van der Waals surface area contributed by atoms with Crippen LogP contribution in [-0.4, -0.2) is 22.5 Å². The van der Waals surface area contributed by atoms with Crippen LogP contribution in [0.1, 0.15) is 49.2 Å². The van der Waals surface area contributed by atoms with Gasteiger partial charge in [-0.3, -0.25) is 4.79 Å². The fourth-order valence-electron chi connectivity index (χ4n) is 3.10. The van der Waals surface area contributed by atoms with Crippen LogP contribution in [0.2, 0.25) is 0 Å². The molecule has 0 radical (unpaired) electrons. The summed E-state index contributed by atoms with van der Waals surface area (Å²) in [5.74, 6) is 0.644. The number of aromatic nitrogens is 1. The Labute approximate surface area is 135 Å². The van der Waals surface area contributed by atoms with E-state index in [1.807, 2.05) is 11.0 Å². The average molecular weight is 316 g/mol. The quantitative estimate of drug-likeness (QED) is 0.845. The SMILES string of the molecule is CCCc1cc([C@@H]2CCCN2C(=O)Cc2ccc(F)cc2)no1. The lowest BCUT2D eigenvalue weighted by atomic mass is 10.1. The molecule has 0 spiro atoms.